The summed E-state index contributed by atoms with van der Waals surface area (Å²) >= 11 is 0. The second-order valence-electron chi connectivity index (χ2n) is 5.29. The third-order valence-electron chi connectivity index (χ3n) is 3.57. The zero-order chi connectivity index (χ0) is 16.5. The molecule has 0 bridgehead atoms. The largest absolute Gasteiger partial charge is 0.383 e. The Balaban J connectivity index is 0.00000288. The molecule has 1 aliphatic heterocycles. The van der Waals surface area contributed by atoms with E-state index >= 15 is 0 Å². The van der Waals surface area contributed by atoms with Crippen LogP contribution in [0.4, 0.5) is 10.5 Å². The monoisotopic (exact) mass is 356 g/mol. The molecule has 0 aliphatic carbocycles. The molecule has 24 heavy (non-hydrogen) atoms. The van der Waals surface area contributed by atoms with Crippen LogP contribution in [0.2, 0.25) is 0 Å². The molecular weight excluding hydrogens is 332 g/mol. The molecule has 1 aromatic carbocycles. The highest BCUT2D eigenvalue weighted by atomic mass is 35.5. The molecule has 3 N–H and O–H groups in total. The molecule has 0 saturated carbocycles. The maximum absolute atomic E-state index is 12.2. The number of carbonyl (C=O) groups excluding carboxylic acids is 2. The number of nitrogens with zero attached hydrogens (tertiary/aromatic N) is 1. The van der Waals surface area contributed by atoms with E-state index in [9.17, 15) is 9.59 Å². The van der Waals surface area contributed by atoms with E-state index in [1.807, 2.05) is 6.07 Å². The first-order valence-corrected chi connectivity index (χ1v) is 7.85. The number of rotatable bonds is 8. The molecule has 1 fully saturated rings. The van der Waals surface area contributed by atoms with Crippen LogP contribution in [0.25, 0.3) is 0 Å². The van der Waals surface area contributed by atoms with Gasteiger partial charge in [-0.05, 0) is 24.6 Å². The van der Waals surface area contributed by atoms with E-state index in [0.29, 0.717) is 38.3 Å². The minimum absolute atomic E-state index is 0. The van der Waals surface area contributed by atoms with Crippen LogP contribution in [-0.2, 0) is 4.74 Å². The fraction of sp³-hybridized carbons (Fsp3) is 0.500. The van der Waals surface area contributed by atoms with Crippen LogP contribution < -0.4 is 20.9 Å². The first kappa shape index (κ1) is 20.2. The van der Waals surface area contributed by atoms with Crippen molar-refractivity contribution in [1.82, 2.24) is 16.0 Å². The second-order valence-corrected chi connectivity index (χ2v) is 5.29. The van der Waals surface area contributed by atoms with Gasteiger partial charge in [-0.2, -0.15) is 0 Å². The maximum Gasteiger partial charge on any atom is 0.321 e. The summed E-state index contributed by atoms with van der Waals surface area (Å²) in [5.41, 5.74) is 1.30. The normalized spacial score (nSPS) is 13.9. The number of benzene rings is 1. The molecule has 2 rings (SSSR count). The number of urea groups is 1. The molecule has 134 valence electrons. The molecule has 1 aromatic rings. The van der Waals surface area contributed by atoms with Crippen LogP contribution in [0.15, 0.2) is 24.3 Å². The molecule has 0 atom stereocenters. The van der Waals surface area contributed by atoms with Gasteiger partial charge in [0.2, 0.25) is 0 Å². The Labute approximate surface area is 148 Å². The predicted molar refractivity (Wildman–Crippen MR) is 96.1 cm³/mol. The summed E-state index contributed by atoms with van der Waals surface area (Å²) in [7, 11) is 1.65. The van der Waals surface area contributed by atoms with Crippen molar-refractivity contribution in [2.45, 2.75) is 6.42 Å². The highest BCUT2D eigenvalue weighted by molar-refractivity contribution is 5.97. The summed E-state index contributed by atoms with van der Waals surface area (Å²) in [4.78, 5) is 25.7. The first-order chi connectivity index (χ1) is 11.2. The van der Waals surface area contributed by atoms with E-state index in [4.69, 9.17) is 4.74 Å². The molecular formula is C16H25ClN4O3. The molecule has 0 radical (unpaired) electrons. The Morgan fingerprint density at radius 3 is 2.92 bits per heavy atom. The standard InChI is InChI=1S/C16H24N4O3.ClH/c1-23-11-9-17-7-8-18-15(21)13-4-2-5-14(12-13)20-10-3-6-19-16(20)22;/h2,4-5,12,17H,3,6-11H2,1H3,(H,18,21)(H,19,22);1H. The van der Waals surface area contributed by atoms with Crippen molar-refractivity contribution in [3.8, 4) is 0 Å². The number of anilines is 1. The Kier molecular flexibility index (Phi) is 9.14. The van der Waals surface area contributed by atoms with Gasteiger partial charge in [0, 0.05) is 51.1 Å². The van der Waals surface area contributed by atoms with Gasteiger partial charge in [0.05, 0.1) is 6.61 Å². The van der Waals surface area contributed by atoms with Crippen LogP contribution in [0.3, 0.4) is 0 Å². The Bertz CT molecular complexity index is 542. The van der Waals surface area contributed by atoms with Crippen molar-refractivity contribution in [2.24, 2.45) is 0 Å². The number of nitrogens with one attached hydrogen (secondary N) is 3. The number of amides is 3. The molecule has 1 saturated heterocycles. The number of hydrogen-bond donors (Lipinski definition) is 3. The quantitative estimate of drug-likeness (QED) is 0.607. The SMILES string of the molecule is COCCNCCNC(=O)c1cccc(N2CCCNC2=O)c1.Cl. The van der Waals surface area contributed by atoms with Gasteiger partial charge in [-0.25, -0.2) is 4.79 Å². The van der Waals surface area contributed by atoms with Crippen LogP contribution in [-0.4, -0.2) is 58.4 Å². The zero-order valence-electron chi connectivity index (χ0n) is 13.8. The van der Waals surface area contributed by atoms with Crippen molar-refractivity contribution in [3.05, 3.63) is 29.8 Å². The zero-order valence-corrected chi connectivity index (χ0v) is 14.7. The highest BCUT2D eigenvalue weighted by Gasteiger charge is 2.19. The van der Waals surface area contributed by atoms with Gasteiger partial charge < -0.3 is 20.7 Å². The van der Waals surface area contributed by atoms with E-state index in [0.717, 1.165) is 18.7 Å². The van der Waals surface area contributed by atoms with Crippen LogP contribution in [0, 0.1) is 0 Å². The predicted octanol–water partition coefficient (Wildman–Crippen LogP) is 0.994. The smallest absolute Gasteiger partial charge is 0.321 e. The maximum atomic E-state index is 12.2. The van der Waals surface area contributed by atoms with E-state index < -0.39 is 0 Å². The van der Waals surface area contributed by atoms with Gasteiger partial charge in [-0.1, -0.05) is 6.07 Å². The fourth-order valence-corrected chi connectivity index (χ4v) is 2.36. The summed E-state index contributed by atoms with van der Waals surface area (Å²) in [6.07, 6.45) is 0.898. The van der Waals surface area contributed by atoms with Gasteiger partial charge in [0.1, 0.15) is 0 Å². The molecule has 3 amide bonds. The lowest BCUT2D eigenvalue weighted by atomic mass is 10.1. The number of hydrogen-bond acceptors (Lipinski definition) is 4. The number of halogens is 1. The van der Waals surface area contributed by atoms with Crippen molar-refractivity contribution in [3.63, 3.8) is 0 Å². The topological polar surface area (TPSA) is 82.7 Å². The summed E-state index contributed by atoms with van der Waals surface area (Å²) in [6.45, 7) is 3.99. The van der Waals surface area contributed by atoms with E-state index in [1.165, 1.54) is 0 Å². The summed E-state index contributed by atoms with van der Waals surface area (Å²) in [6, 6.07) is 7.02. The summed E-state index contributed by atoms with van der Waals surface area (Å²) < 4.78 is 4.93. The Hall–Kier alpha value is -1.83. The number of methoxy groups -OCH3 is 1. The van der Waals surface area contributed by atoms with Gasteiger partial charge in [0.15, 0.2) is 0 Å². The Morgan fingerprint density at radius 2 is 2.17 bits per heavy atom. The summed E-state index contributed by atoms with van der Waals surface area (Å²) in [5, 5.41) is 8.82. The van der Waals surface area contributed by atoms with E-state index in [1.54, 1.807) is 30.2 Å². The fourth-order valence-electron chi connectivity index (χ4n) is 2.36. The molecule has 0 aromatic heterocycles. The van der Waals surface area contributed by atoms with Crippen molar-refractivity contribution >= 4 is 30.0 Å². The molecule has 1 aliphatic rings. The van der Waals surface area contributed by atoms with Crippen molar-refractivity contribution < 1.29 is 14.3 Å². The summed E-state index contributed by atoms with van der Waals surface area (Å²) in [5.74, 6) is -0.141. The molecule has 8 heteroatoms. The number of ether oxygens (including phenoxy) is 1. The molecule has 0 unspecified atom stereocenters. The second kappa shape index (κ2) is 10.9. The van der Waals surface area contributed by atoms with Gasteiger partial charge >= 0.3 is 6.03 Å². The molecule has 0 spiro atoms. The average Bonchev–Trinajstić information content (AvgIpc) is 2.58. The van der Waals surface area contributed by atoms with Crippen LogP contribution in [0.1, 0.15) is 16.8 Å². The third-order valence-corrected chi connectivity index (χ3v) is 3.57. The van der Waals surface area contributed by atoms with Gasteiger partial charge in [-0.3, -0.25) is 9.69 Å². The minimum atomic E-state index is -0.141. The Morgan fingerprint density at radius 1 is 1.33 bits per heavy atom. The van der Waals surface area contributed by atoms with Gasteiger partial charge in [0.25, 0.3) is 5.91 Å². The lowest BCUT2D eigenvalue weighted by Crippen LogP contribution is -2.46. The van der Waals surface area contributed by atoms with Crippen molar-refractivity contribution in [2.75, 3.05) is 51.3 Å². The first-order valence-electron chi connectivity index (χ1n) is 7.85. The molecule has 1 heterocycles. The number of carbonyl (C=O) groups is 2. The average molecular weight is 357 g/mol. The molecule has 7 nitrogen and oxygen atoms in total. The third kappa shape index (κ3) is 5.99. The highest BCUT2D eigenvalue weighted by Crippen LogP contribution is 2.18. The minimum Gasteiger partial charge on any atom is -0.383 e. The van der Waals surface area contributed by atoms with E-state index in [2.05, 4.69) is 16.0 Å². The lowest BCUT2D eigenvalue weighted by molar-refractivity contribution is 0.0953. The van der Waals surface area contributed by atoms with E-state index in [-0.39, 0.29) is 24.3 Å². The van der Waals surface area contributed by atoms with Crippen LogP contribution >= 0.6 is 12.4 Å². The van der Waals surface area contributed by atoms with Gasteiger partial charge in [-0.15, -0.1) is 12.4 Å². The van der Waals surface area contributed by atoms with Crippen molar-refractivity contribution in [1.29, 1.82) is 0 Å². The lowest BCUT2D eigenvalue weighted by Gasteiger charge is -2.27. The van der Waals surface area contributed by atoms with Crippen LogP contribution in [0.5, 0.6) is 0 Å².